The van der Waals surface area contributed by atoms with E-state index in [9.17, 15) is 9.59 Å². The van der Waals surface area contributed by atoms with Crippen molar-refractivity contribution >= 4 is 23.3 Å². The molecule has 3 amide bonds. The van der Waals surface area contributed by atoms with Crippen LogP contribution in [0, 0.1) is 0 Å². The lowest BCUT2D eigenvalue weighted by Gasteiger charge is -2.31. The van der Waals surface area contributed by atoms with E-state index in [0.717, 1.165) is 5.69 Å². The fourth-order valence-corrected chi connectivity index (χ4v) is 4.13. The number of carbonyl (C=O) groups is 2. The first-order valence-corrected chi connectivity index (χ1v) is 10.3. The molecule has 0 radical (unpaired) electrons. The minimum absolute atomic E-state index is 0.132. The van der Waals surface area contributed by atoms with Gasteiger partial charge in [-0.05, 0) is 36.4 Å². The van der Waals surface area contributed by atoms with E-state index in [2.05, 4.69) is 10.3 Å². The average molecular weight is 414 g/mol. The van der Waals surface area contributed by atoms with E-state index in [1.54, 1.807) is 16.0 Å². The molecule has 1 saturated heterocycles. The van der Waals surface area contributed by atoms with E-state index in [-0.39, 0.29) is 18.0 Å². The molecule has 0 spiro atoms. The third-order valence-corrected chi connectivity index (χ3v) is 5.60. The Hall–Kier alpha value is -3.87. The molecule has 0 aliphatic carbocycles. The highest BCUT2D eigenvalue weighted by Crippen LogP contribution is 2.37. The molecule has 1 aromatic heterocycles. The summed E-state index contributed by atoms with van der Waals surface area (Å²) in [7, 11) is 0. The van der Waals surface area contributed by atoms with Gasteiger partial charge in [0, 0.05) is 18.3 Å². The number of anilines is 2. The molecule has 156 valence electrons. The van der Waals surface area contributed by atoms with Gasteiger partial charge in [-0.3, -0.25) is 9.78 Å². The van der Waals surface area contributed by atoms with Crippen molar-refractivity contribution in [2.24, 2.45) is 0 Å². The largest absolute Gasteiger partial charge is 0.486 e. The Balaban J connectivity index is 1.47. The van der Waals surface area contributed by atoms with Crippen molar-refractivity contribution in [2.75, 3.05) is 16.8 Å². The number of pyridine rings is 1. The fourth-order valence-electron chi connectivity index (χ4n) is 4.13. The molecule has 7 nitrogen and oxygen atoms in total. The van der Waals surface area contributed by atoms with Gasteiger partial charge >= 0.3 is 6.03 Å². The molecule has 2 aromatic carbocycles. The SMILES string of the molecule is O=C1[C@@H]2C[C@@H](CN2C(=O)Nc2ccccc2)Oc2ccccc2N1Cc1ccccn1. The zero-order chi connectivity index (χ0) is 21.2. The molecule has 31 heavy (non-hydrogen) atoms. The number of aromatic nitrogens is 1. The van der Waals surface area contributed by atoms with Gasteiger partial charge in [0.2, 0.25) is 5.91 Å². The standard InChI is InChI=1S/C24H22N4O3/c29-23-21-14-19(16-28(21)24(30)26-17-8-2-1-3-9-17)31-22-12-5-4-11-20(22)27(23)15-18-10-6-7-13-25-18/h1-13,19,21H,14-16H2,(H,26,30)/t19-,21-/m0/s1. The predicted octanol–water partition coefficient (Wildman–Crippen LogP) is 3.68. The summed E-state index contributed by atoms with van der Waals surface area (Å²) < 4.78 is 6.24. The van der Waals surface area contributed by atoms with E-state index < -0.39 is 6.04 Å². The summed E-state index contributed by atoms with van der Waals surface area (Å²) in [6, 6.07) is 21.4. The van der Waals surface area contributed by atoms with Crippen LogP contribution < -0.4 is 15.0 Å². The smallest absolute Gasteiger partial charge is 0.322 e. The van der Waals surface area contributed by atoms with Gasteiger partial charge in [-0.25, -0.2) is 4.79 Å². The third kappa shape index (κ3) is 3.82. The number of rotatable bonds is 3. The summed E-state index contributed by atoms with van der Waals surface area (Å²) in [5, 5.41) is 2.89. The van der Waals surface area contributed by atoms with Crippen LogP contribution in [-0.2, 0) is 11.3 Å². The maximum Gasteiger partial charge on any atom is 0.322 e. The molecular weight excluding hydrogens is 392 g/mol. The van der Waals surface area contributed by atoms with Gasteiger partial charge in [0.1, 0.15) is 17.9 Å². The second-order valence-corrected chi connectivity index (χ2v) is 7.65. The highest BCUT2D eigenvalue weighted by molar-refractivity contribution is 6.02. The Morgan fingerprint density at radius 3 is 2.61 bits per heavy atom. The number of carbonyl (C=O) groups excluding carboxylic acids is 2. The van der Waals surface area contributed by atoms with Crippen molar-refractivity contribution in [3.63, 3.8) is 0 Å². The van der Waals surface area contributed by atoms with Crippen LogP contribution in [0.3, 0.4) is 0 Å². The van der Waals surface area contributed by atoms with Crippen LogP contribution in [0.25, 0.3) is 0 Å². The lowest BCUT2D eigenvalue weighted by Crippen LogP contribution is -2.49. The van der Waals surface area contributed by atoms with Crippen molar-refractivity contribution < 1.29 is 14.3 Å². The molecule has 1 N–H and O–H groups in total. The van der Waals surface area contributed by atoms with E-state index >= 15 is 0 Å². The molecule has 5 rings (SSSR count). The molecule has 2 bridgehead atoms. The lowest BCUT2D eigenvalue weighted by atomic mass is 10.1. The quantitative estimate of drug-likeness (QED) is 0.710. The first kappa shape index (κ1) is 19.1. The number of amides is 3. The van der Waals surface area contributed by atoms with Crippen LogP contribution >= 0.6 is 0 Å². The summed E-state index contributed by atoms with van der Waals surface area (Å²) in [6.07, 6.45) is 1.92. The number of ether oxygens (including phenoxy) is 1. The summed E-state index contributed by atoms with van der Waals surface area (Å²) >= 11 is 0. The number of benzene rings is 2. The van der Waals surface area contributed by atoms with Crippen molar-refractivity contribution in [1.82, 2.24) is 9.88 Å². The molecule has 2 atom stereocenters. The lowest BCUT2D eigenvalue weighted by molar-refractivity contribution is -0.122. The second-order valence-electron chi connectivity index (χ2n) is 7.65. The topological polar surface area (TPSA) is 74.8 Å². The maximum atomic E-state index is 13.7. The zero-order valence-corrected chi connectivity index (χ0v) is 16.8. The molecule has 3 heterocycles. The summed E-state index contributed by atoms with van der Waals surface area (Å²) in [4.78, 5) is 34.4. The minimum Gasteiger partial charge on any atom is -0.486 e. The van der Waals surface area contributed by atoms with Crippen LogP contribution in [0.5, 0.6) is 5.75 Å². The van der Waals surface area contributed by atoms with E-state index in [1.807, 2.05) is 72.8 Å². The summed E-state index contributed by atoms with van der Waals surface area (Å²) in [6.45, 7) is 0.649. The Kier molecular flexibility index (Phi) is 5.00. The van der Waals surface area contributed by atoms with Gasteiger partial charge in [-0.1, -0.05) is 36.4 Å². The van der Waals surface area contributed by atoms with Gasteiger partial charge in [0.25, 0.3) is 0 Å². The van der Waals surface area contributed by atoms with Gasteiger partial charge in [0.05, 0.1) is 24.5 Å². The predicted molar refractivity (Wildman–Crippen MR) is 117 cm³/mol. The molecule has 0 saturated carbocycles. The number of hydrogen-bond acceptors (Lipinski definition) is 4. The zero-order valence-electron chi connectivity index (χ0n) is 16.8. The number of urea groups is 1. The maximum absolute atomic E-state index is 13.7. The molecular formula is C24H22N4O3. The number of nitrogens with zero attached hydrogens (tertiary/aromatic N) is 3. The number of nitrogens with one attached hydrogen (secondary N) is 1. The first-order valence-electron chi connectivity index (χ1n) is 10.3. The number of fused-ring (bicyclic) bond motifs is 3. The van der Waals surface area contributed by atoms with Crippen molar-refractivity contribution in [1.29, 1.82) is 0 Å². The number of hydrogen-bond donors (Lipinski definition) is 1. The van der Waals surface area contributed by atoms with E-state index in [4.69, 9.17) is 4.74 Å². The molecule has 7 heteroatoms. The van der Waals surface area contributed by atoms with E-state index in [1.165, 1.54) is 0 Å². The minimum atomic E-state index is -0.606. The Labute approximate surface area is 180 Å². The summed E-state index contributed by atoms with van der Waals surface area (Å²) in [5.41, 5.74) is 2.14. The average Bonchev–Trinajstić information content (AvgIpc) is 3.23. The highest BCUT2D eigenvalue weighted by atomic mass is 16.5. The molecule has 3 aromatic rings. The number of para-hydroxylation sites is 3. The van der Waals surface area contributed by atoms with Gasteiger partial charge < -0.3 is 19.9 Å². The molecule has 2 aliphatic rings. The molecule has 1 fully saturated rings. The molecule has 0 unspecified atom stereocenters. The van der Waals surface area contributed by atoms with Gasteiger partial charge in [-0.2, -0.15) is 0 Å². The Bertz CT molecular complexity index is 1090. The van der Waals surface area contributed by atoms with Crippen molar-refractivity contribution in [2.45, 2.75) is 25.1 Å². The highest BCUT2D eigenvalue weighted by Gasteiger charge is 2.45. The van der Waals surface area contributed by atoms with Crippen molar-refractivity contribution in [3.8, 4) is 5.75 Å². The Morgan fingerprint density at radius 2 is 1.81 bits per heavy atom. The second kappa shape index (κ2) is 8.10. The van der Waals surface area contributed by atoms with Crippen LogP contribution in [0.15, 0.2) is 79.0 Å². The summed E-state index contributed by atoms with van der Waals surface area (Å²) in [5.74, 6) is 0.507. The third-order valence-electron chi connectivity index (χ3n) is 5.60. The first-order chi connectivity index (χ1) is 15.2. The van der Waals surface area contributed by atoms with Crippen molar-refractivity contribution in [3.05, 3.63) is 84.7 Å². The number of likely N-dealkylation sites (tertiary alicyclic amines) is 1. The van der Waals surface area contributed by atoms with Crippen LogP contribution in [0.4, 0.5) is 16.2 Å². The van der Waals surface area contributed by atoms with Gasteiger partial charge in [-0.15, -0.1) is 0 Å². The van der Waals surface area contributed by atoms with E-state index in [0.29, 0.717) is 36.6 Å². The van der Waals surface area contributed by atoms with Gasteiger partial charge in [0.15, 0.2) is 0 Å². The fraction of sp³-hybridized carbons (Fsp3) is 0.208. The van der Waals surface area contributed by atoms with Crippen LogP contribution in [-0.4, -0.2) is 40.5 Å². The Morgan fingerprint density at radius 1 is 1.03 bits per heavy atom. The normalized spacial score (nSPS) is 19.8. The van der Waals surface area contributed by atoms with Crippen LogP contribution in [0.2, 0.25) is 0 Å². The van der Waals surface area contributed by atoms with Crippen LogP contribution in [0.1, 0.15) is 12.1 Å². The monoisotopic (exact) mass is 414 g/mol. The molecule has 2 aliphatic heterocycles.